The van der Waals surface area contributed by atoms with Crippen LogP contribution in [0.25, 0.3) is 0 Å². The van der Waals surface area contributed by atoms with Crippen LogP contribution in [0.15, 0.2) is 23.7 Å². The van der Waals surface area contributed by atoms with E-state index in [4.69, 9.17) is 0 Å². The summed E-state index contributed by atoms with van der Waals surface area (Å²) in [4.78, 5) is 10.8. The molecule has 1 heterocycles. The Bertz CT molecular complexity index is 229. The average molecular weight is 169 g/mol. The molecule has 0 saturated carbocycles. The molecule has 1 aliphatic rings. The summed E-state index contributed by atoms with van der Waals surface area (Å²) >= 11 is 0. The van der Waals surface area contributed by atoms with Crippen molar-refractivity contribution in [3.8, 4) is 0 Å². The first-order valence-corrected chi connectivity index (χ1v) is 3.97. The van der Waals surface area contributed by atoms with Crippen molar-refractivity contribution in [1.29, 1.82) is 0 Å². The number of ether oxygens (including phenoxy) is 1. The molecular formula is C9H15NO2. The van der Waals surface area contributed by atoms with E-state index >= 15 is 0 Å². The molecule has 0 amide bonds. The maximum Gasteiger partial charge on any atom is 0.342 e. The Kier molecular flexibility index (Phi) is 4.11. The van der Waals surface area contributed by atoms with E-state index in [2.05, 4.69) is 16.6 Å². The highest BCUT2D eigenvalue weighted by Gasteiger charge is 2.16. The largest absolute Gasteiger partial charge is 0.407 e. The minimum atomic E-state index is -0.318. The lowest BCUT2D eigenvalue weighted by Crippen LogP contribution is -2.25. The highest BCUT2D eigenvalue weighted by atomic mass is 16.5. The van der Waals surface area contributed by atoms with Crippen LogP contribution in [0.5, 0.6) is 0 Å². The fourth-order valence-electron chi connectivity index (χ4n) is 0.670. The summed E-state index contributed by atoms with van der Waals surface area (Å²) in [5.41, 5.74) is 1.41. The smallest absolute Gasteiger partial charge is 0.342 e. The molecule has 1 N–H and O–H groups in total. The Labute approximate surface area is 73.1 Å². The van der Waals surface area contributed by atoms with Crippen LogP contribution < -0.4 is 5.32 Å². The SMILES string of the molecule is C=C1NC(C)=C(C)C(=O)O1.CC. The number of esters is 1. The van der Waals surface area contributed by atoms with Gasteiger partial charge in [0, 0.05) is 5.70 Å². The van der Waals surface area contributed by atoms with Gasteiger partial charge in [-0.15, -0.1) is 0 Å². The summed E-state index contributed by atoms with van der Waals surface area (Å²) in [6.45, 7) is 11.0. The van der Waals surface area contributed by atoms with E-state index in [1.165, 1.54) is 0 Å². The van der Waals surface area contributed by atoms with E-state index in [1.807, 2.05) is 13.8 Å². The predicted octanol–water partition coefficient (Wildman–Crippen LogP) is 1.92. The maximum atomic E-state index is 10.8. The van der Waals surface area contributed by atoms with Crippen LogP contribution in [-0.2, 0) is 9.53 Å². The van der Waals surface area contributed by atoms with Gasteiger partial charge in [0.05, 0.1) is 5.57 Å². The first kappa shape index (κ1) is 10.8. The summed E-state index contributed by atoms with van der Waals surface area (Å²) in [6, 6.07) is 0. The number of hydrogen-bond acceptors (Lipinski definition) is 3. The van der Waals surface area contributed by atoms with Crippen molar-refractivity contribution in [2.45, 2.75) is 27.7 Å². The first-order chi connectivity index (χ1) is 5.61. The van der Waals surface area contributed by atoms with Gasteiger partial charge in [-0.3, -0.25) is 0 Å². The molecule has 0 atom stereocenters. The Morgan fingerprint density at radius 3 is 2.25 bits per heavy atom. The molecular weight excluding hydrogens is 154 g/mol. The normalized spacial score (nSPS) is 16.0. The quantitative estimate of drug-likeness (QED) is 0.563. The topological polar surface area (TPSA) is 38.3 Å². The van der Waals surface area contributed by atoms with Crippen molar-refractivity contribution in [2.75, 3.05) is 0 Å². The monoisotopic (exact) mass is 169 g/mol. The van der Waals surface area contributed by atoms with Crippen molar-refractivity contribution in [1.82, 2.24) is 5.32 Å². The molecule has 3 nitrogen and oxygen atoms in total. The number of rotatable bonds is 0. The Morgan fingerprint density at radius 1 is 1.33 bits per heavy atom. The Morgan fingerprint density at radius 2 is 1.83 bits per heavy atom. The van der Waals surface area contributed by atoms with Crippen molar-refractivity contribution >= 4 is 5.97 Å². The van der Waals surface area contributed by atoms with Gasteiger partial charge in [0.1, 0.15) is 0 Å². The van der Waals surface area contributed by atoms with Gasteiger partial charge in [0.25, 0.3) is 0 Å². The zero-order valence-corrected chi connectivity index (χ0v) is 8.02. The van der Waals surface area contributed by atoms with E-state index in [1.54, 1.807) is 13.8 Å². The van der Waals surface area contributed by atoms with E-state index in [0.29, 0.717) is 11.5 Å². The molecule has 0 fully saturated rings. The van der Waals surface area contributed by atoms with Crippen molar-refractivity contribution in [2.24, 2.45) is 0 Å². The summed E-state index contributed by atoms with van der Waals surface area (Å²) in [7, 11) is 0. The molecule has 0 aromatic carbocycles. The lowest BCUT2D eigenvalue weighted by Gasteiger charge is -2.17. The average Bonchev–Trinajstić information content (AvgIpc) is 2.04. The molecule has 0 aliphatic carbocycles. The molecule has 0 saturated heterocycles. The second-order valence-electron chi connectivity index (χ2n) is 2.19. The first-order valence-electron chi connectivity index (χ1n) is 3.97. The van der Waals surface area contributed by atoms with Crippen molar-refractivity contribution in [3.05, 3.63) is 23.7 Å². The van der Waals surface area contributed by atoms with Gasteiger partial charge in [-0.25, -0.2) is 4.79 Å². The van der Waals surface area contributed by atoms with Crippen LogP contribution in [0.1, 0.15) is 27.7 Å². The third-order valence-electron chi connectivity index (χ3n) is 1.41. The third-order valence-corrected chi connectivity index (χ3v) is 1.41. The zero-order chi connectivity index (χ0) is 9.72. The van der Waals surface area contributed by atoms with E-state index in [9.17, 15) is 4.79 Å². The molecule has 68 valence electrons. The highest BCUT2D eigenvalue weighted by molar-refractivity contribution is 5.90. The number of carbonyl (C=O) groups excluding carboxylic acids is 1. The molecule has 12 heavy (non-hydrogen) atoms. The number of cyclic esters (lactones) is 1. The van der Waals surface area contributed by atoms with Gasteiger partial charge in [-0.1, -0.05) is 13.8 Å². The Balaban J connectivity index is 0.000000561. The molecule has 0 unspecified atom stereocenters. The van der Waals surface area contributed by atoms with E-state index in [-0.39, 0.29) is 5.97 Å². The van der Waals surface area contributed by atoms with Gasteiger partial charge in [-0.05, 0) is 20.4 Å². The van der Waals surface area contributed by atoms with Gasteiger partial charge in [0.2, 0.25) is 0 Å². The standard InChI is InChI=1S/C7H9NO2.C2H6/c1-4-5(2)8-6(3)10-7(4)9;1-2/h8H,3H2,1-2H3;1-2H3. The fraction of sp³-hybridized carbons (Fsp3) is 0.444. The van der Waals surface area contributed by atoms with Crippen LogP contribution in [0.4, 0.5) is 0 Å². The summed E-state index contributed by atoms with van der Waals surface area (Å²) in [6.07, 6.45) is 0. The fourth-order valence-corrected chi connectivity index (χ4v) is 0.670. The van der Waals surface area contributed by atoms with Crippen LogP contribution in [-0.4, -0.2) is 5.97 Å². The lowest BCUT2D eigenvalue weighted by atomic mass is 10.2. The Hall–Kier alpha value is -1.25. The molecule has 0 spiro atoms. The predicted molar refractivity (Wildman–Crippen MR) is 48.1 cm³/mol. The van der Waals surface area contributed by atoms with E-state index < -0.39 is 0 Å². The summed E-state index contributed by atoms with van der Waals surface area (Å²) < 4.78 is 4.67. The second kappa shape index (κ2) is 4.59. The number of nitrogens with one attached hydrogen (secondary N) is 1. The van der Waals surface area contributed by atoms with Crippen molar-refractivity contribution in [3.63, 3.8) is 0 Å². The number of carbonyl (C=O) groups is 1. The highest BCUT2D eigenvalue weighted by Crippen LogP contribution is 2.11. The molecule has 1 aliphatic heterocycles. The zero-order valence-electron chi connectivity index (χ0n) is 8.02. The van der Waals surface area contributed by atoms with Gasteiger partial charge < -0.3 is 10.1 Å². The van der Waals surface area contributed by atoms with Crippen LogP contribution >= 0.6 is 0 Å². The van der Waals surface area contributed by atoms with Gasteiger partial charge in [-0.2, -0.15) is 0 Å². The third kappa shape index (κ3) is 2.42. The molecule has 0 bridgehead atoms. The molecule has 1 rings (SSSR count). The van der Waals surface area contributed by atoms with Crippen LogP contribution in [0.2, 0.25) is 0 Å². The van der Waals surface area contributed by atoms with Gasteiger partial charge >= 0.3 is 5.97 Å². The van der Waals surface area contributed by atoms with Crippen molar-refractivity contribution < 1.29 is 9.53 Å². The van der Waals surface area contributed by atoms with Gasteiger partial charge in [0.15, 0.2) is 5.88 Å². The number of hydrogen-bond donors (Lipinski definition) is 1. The molecule has 0 aromatic heterocycles. The molecule has 3 heteroatoms. The summed E-state index contributed by atoms with van der Waals surface area (Å²) in [5, 5.41) is 2.80. The minimum Gasteiger partial charge on any atom is -0.407 e. The minimum absolute atomic E-state index is 0.299. The van der Waals surface area contributed by atoms with Crippen LogP contribution in [0, 0.1) is 0 Å². The second-order valence-corrected chi connectivity index (χ2v) is 2.19. The molecule has 0 radical (unpaired) electrons. The lowest BCUT2D eigenvalue weighted by molar-refractivity contribution is -0.136. The van der Waals surface area contributed by atoms with Crippen LogP contribution in [0.3, 0.4) is 0 Å². The van der Waals surface area contributed by atoms with E-state index in [0.717, 1.165) is 5.70 Å². The molecule has 0 aromatic rings. The number of allylic oxidation sites excluding steroid dienone is 1. The summed E-state index contributed by atoms with van der Waals surface area (Å²) in [5.74, 6) is -0.0191. The maximum absolute atomic E-state index is 10.8.